The minimum absolute atomic E-state index is 0.568. The van der Waals surface area contributed by atoms with Gasteiger partial charge in [-0.05, 0) is 56.8 Å². The molecule has 1 saturated carbocycles. The smallest absolute Gasteiger partial charge is 0.0469 e. The molecule has 1 heterocycles. The fourth-order valence-corrected chi connectivity index (χ4v) is 3.55. The Kier molecular flexibility index (Phi) is 5.08. The molecule has 0 spiro atoms. The number of ether oxygens (including phenoxy) is 1. The van der Waals surface area contributed by atoms with Crippen molar-refractivity contribution < 1.29 is 4.74 Å². The van der Waals surface area contributed by atoms with Gasteiger partial charge in [0.1, 0.15) is 0 Å². The van der Waals surface area contributed by atoms with Gasteiger partial charge in [0.25, 0.3) is 0 Å². The second-order valence-corrected chi connectivity index (χ2v) is 7.20. The summed E-state index contributed by atoms with van der Waals surface area (Å²) in [5, 5.41) is 3.91. The van der Waals surface area contributed by atoms with E-state index in [4.69, 9.17) is 4.74 Å². The van der Waals surface area contributed by atoms with Crippen LogP contribution in [0.2, 0.25) is 0 Å². The highest BCUT2D eigenvalue weighted by atomic mass is 16.5. The van der Waals surface area contributed by atoms with Crippen LogP contribution in [0.3, 0.4) is 0 Å². The van der Waals surface area contributed by atoms with Crippen molar-refractivity contribution in [3.8, 4) is 0 Å². The third kappa shape index (κ3) is 4.24. The quantitative estimate of drug-likeness (QED) is 0.773. The first kappa shape index (κ1) is 14.3. The van der Waals surface area contributed by atoms with E-state index in [2.05, 4.69) is 26.1 Å². The van der Waals surface area contributed by atoms with Crippen LogP contribution in [-0.4, -0.2) is 25.3 Å². The molecule has 2 unspecified atom stereocenters. The van der Waals surface area contributed by atoms with E-state index in [9.17, 15) is 0 Å². The summed E-state index contributed by atoms with van der Waals surface area (Å²) in [7, 11) is 0. The van der Waals surface area contributed by atoms with Crippen LogP contribution in [0.15, 0.2) is 0 Å². The Morgan fingerprint density at radius 3 is 2.50 bits per heavy atom. The summed E-state index contributed by atoms with van der Waals surface area (Å²) in [6.45, 7) is 9.17. The Labute approximate surface area is 113 Å². The van der Waals surface area contributed by atoms with E-state index in [1.165, 1.54) is 44.9 Å². The Morgan fingerprint density at radius 2 is 1.78 bits per heavy atom. The maximum Gasteiger partial charge on any atom is 0.0469 e. The van der Waals surface area contributed by atoms with E-state index in [1.807, 2.05) is 0 Å². The van der Waals surface area contributed by atoms with Gasteiger partial charge in [-0.15, -0.1) is 0 Å². The molecule has 2 rings (SSSR count). The summed E-state index contributed by atoms with van der Waals surface area (Å²) in [5.74, 6) is 0.829. The van der Waals surface area contributed by atoms with Gasteiger partial charge in [-0.2, -0.15) is 0 Å². The molecule has 1 N–H and O–H groups in total. The molecule has 0 amide bonds. The molecule has 0 bridgehead atoms. The van der Waals surface area contributed by atoms with Crippen LogP contribution in [0.5, 0.6) is 0 Å². The second kappa shape index (κ2) is 6.38. The third-order valence-electron chi connectivity index (χ3n) is 5.05. The van der Waals surface area contributed by atoms with Gasteiger partial charge in [-0.25, -0.2) is 0 Å². The van der Waals surface area contributed by atoms with Gasteiger partial charge in [0, 0.05) is 25.3 Å². The van der Waals surface area contributed by atoms with Crippen molar-refractivity contribution in [1.29, 1.82) is 0 Å². The molecule has 0 aromatic rings. The van der Waals surface area contributed by atoms with Crippen molar-refractivity contribution in [3.63, 3.8) is 0 Å². The van der Waals surface area contributed by atoms with Crippen LogP contribution in [0, 0.1) is 11.3 Å². The van der Waals surface area contributed by atoms with Crippen LogP contribution < -0.4 is 5.32 Å². The van der Waals surface area contributed by atoms with Crippen molar-refractivity contribution in [2.75, 3.05) is 13.2 Å². The summed E-state index contributed by atoms with van der Waals surface area (Å²) in [6, 6.07) is 1.42. The summed E-state index contributed by atoms with van der Waals surface area (Å²) in [6.07, 6.45) is 9.39. The summed E-state index contributed by atoms with van der Waals surface area (Å²) >= 11 is 0. The zero-order valence-electron chi connectivity index (χ0n) is 12.5. The molecule has 18 heavy (non-hydrogen) atoms. The SMILES string of the molecule is CC(NC1CCCC(C)(C)CC1)C1CCOCC1. The minimum Gasteiger partial charge on any atom is -0.381 e. The van der Waals surface area contributed by atoms with E-state index in [-0.39, 0.29) is 0 Å². The van der Waals surface area contributed by atoms with Gasteiger partial charge in [-0.3, -0.25) is 0 Å². The molecule has 2 heteroatoms. The van der Waals surface area contributed by atoms with Gasteiger partial charge in [0.15, 0.2) is 0 Å². The molecule has 106 valence electrons. The highest BCUT2D eigenvalue weighted by molar-refractivity contribution is 4.83. The predicted octanol–water partition coefficient (Wildman–Crippen LogP) is 3.75. The second-order valence-electron chi connectivity index (χ2n) is 7.20. The monoisotopic (exact) mass is 253 g/mol. The molecular weight excluding hydrogens is 222 g/mol. The van der Waals surface area contributed by atoms with Crippen LogP contribution >= 0.6 is 0 Å². The highest BCUT2D eigenvalue weighted by Crippen LogP contribution is 2.34. The van der Waals surface area contributed by atoms with Crippen molar-refractivity contribution >= 4 is 0 Å². The lowest BCUT2D eigenvalue weighted by Crippen LogP contribution is -2.42. The molecular formula is C16H31NO. The number of hydrogen-bond donors (Lipinski definition) is 1. The third-order valence-corrected chi connectivity index (χ3v) is 5.05. The topological polar surface area (TPSA) is 21.3 Å². The maximum absolute atomic E-state index is 5.46. The first-order valence-electron chi connectivity index (χ1n) is 7.91. The van der Waals surface area contributed by atoms with E-state index in [0.717, 1.165) is 25.2 Å². The molecule has 1 aliphatic carbocycles. The Balaban J connectivity index is 1.77. The largest absolute Gasteiger partial charge is 0.381 e. The minimum atomic E-state index is 0.568. The molecule has 0 aromatic carbocycles. The normalized spacial score (nSPS) is 31.8. The highest BCUT2D eigenvalue weighted by Gasteiger charge is 2.27. The summed E-state index contributed by atoms with van der Waals surface area (Å²) in [5.41, 5.74) is 0.568. The standard InChI is InChI=1S/C16H31NO/c1-13(14-7-11-18-12-8-14)17-15-5-4-9-16(2,3)10-6-15/h13-15,17H,4-12H2,1-3H3. The van der Waals surface area contributed by atoms with Gasteiger partial charge >= 0.3 is 0 Å². The number of nitrogens with one attached hydrogen (secondary N) is 1. The van der Waals surface area contributed by atoms with Crippen LogP contribution in [0.1, 0.15) is 65.7 Å². The molecule has 0 radical (unpaired) electrons. The van der Waals surface area contributed by atoms with Gasteiger partial charge in [-0.1, -0.05) is 20.3 Å². The Bertz CT molecular complexity index is 245. The van der Waals surface area contributed by atoms with Gasteiger partial charge in [0.05, 0.1) is 0 Å². The van der Waals surface area contributed by atoms with Crippen molar-refractivity contribution in [2.24, 2.45) is 11.3 Å². The molecule has 2 nitrogen and oxygen atoms in total. The Hall–Kier alpha value is -0.0800. The van der Waals surface area contributed by atoms with Crippen LogP contribution in [0.4, 0.5) is 0 Å². The van der Waals surface area contributed by atoms with Crippen LogP contribution in [-0.2, 0) is 4.74 Å². The van der Waals surface area contributed by atoms with E-state index in [1.54, 1.807) is 0 Å². The van der Waals surface area contributed by atoms with E-state index >= 15 is 0 Å². The molecule has 2 fully saturated rings. The zero-order chi connectivity index (χ0) is 13.0. The zero-order valence-corrected chi connectivity index (χ0v) is 12.5. The average molecular weight is 253 g/mol. The molecule has 2 aliphatic rings. The molecule has 2 atom stereocenters. The Morgan fingerprint density at radius 1 is 1.06 bits per heavy atom. The number of hydrogen-bond acceptors (Lipinski definition) is 2. The molecule has 1 saturated heterocycles. The van der Waals surface area contributed by atoms with Crippen molar-refractivity contribution in [1.82, 2.24) is 5.32 Å². The van der Waals surface area contributed by atoms with E-state index in [0.29, 0.717) is 11.5 Å². The fraction of sp³-hybridized carbons (Fsp3) is 1.00. The first-order valence-corrected chi connectivity index (χ1v) is 7.91. The van der Waals surface area contributed by atoms with Crippen molar-refractivity contribution in [3.05, 3.63) is 0 Å². The van der Waals surface area contributed by atoms with Gasteiger partial charge in [0.2, 0.25) is 0 Å². The fourth-order valence-electron chi connectivity index (χ4n) is 3.55. The lowest BCUT2D eigenvalue weighted by atomic mass is 9.85. The van der Waals surface area contributed by atoms with Crippen LogP contribution in [0.25, 0.3) is 0 Å². The lowest BCUT2D eigenvalue weighted by molar-refractivity contribution is 0.0540. The average Bonchev–Trinajstić information content (AvgIpc) is 2.52. The van der Waals surface area contributed by atoms with Gasteiger partial charge < -0.3 is 10.1 Å². The summed E-state index contributed by atoms with van der Waals surface area (Å²) in [4.78, 5) is 0. The lowest BCUT2D eigenvalue weighted by Gasteiger charge is -2.31. The predicted molar refractivity (Wildman–Crippen MR) is 76.8 cm³/mol. The molecule has 0 aromatic heterocycles. The van der Waals surface area contributed by atoms with E-state index < -0.39 is 0 Å². The molecule has 1 aliphatic heterocycles. The summed E-state index contributed by atoms with van der Waals surface area (Å²) < 4.78 is 5.46. The van der Waals surface area contributed by atoms with Crippen molar-refractivity contribution in [2.45, 2.75) is 77.8 Å². The first-order chi connectivity index (χ1) is 8.57. The number of rotatable bonds is 3. The maximum atomic E-state index is 5.46.